The maximum Gasteiger partial charge on any atom is 0.416 e. The fourth-order valence-corrected chi connectivity index (χ4v) is 4.98. The summed E-state index contributed by atoms with van der Waals surface area (Å²) in [6, 6.07) is 20.7. The number of carbonyl (C=O) groups excluding carboxylic acids is 2. The second kappa shape index (κ2) is 10.9. The SMILES string of the molecule is COc1ccc(C(C2CC2)N(C=O)c2cc(NC(=O)c3ccccc3-c3ccc(C(F)(F)F)cc3)cn2C)cc1. The number of aromatic nitrogens is 1. The van der Waals surface area contributed by atoms with Crippen molar-refractivity contribution < 1.29 is 27.5 Å². The van der Waals surface area contributed by atoms with Gasteiger partial charge < -0.3 is 14.6 Å². The molecule has 2 amide bonds. The van der Waals surface area contributed by atoms with Crippen molar-refractivity contribution in [1.82, 2.24) is 4.57 Å². The van der Waals surface area contributed by atoms with Crippen molar-refractivity contribution >= 4 is 23.8 Å². The minimum atomic E-state index is -4.44. The molecule has 9 heteroatoms. The molecule has 0 aliphatic heterocycles. The van der Waals surface area contributed by atoms with Crippen LogP contribution in [0.5, 0.6) is 5.75 Å². The summed E-state index contributed by atoms with van der Waals surface area (Å²) in [7, 11) is 3.41. The molecule has 4 aromatic rings. The van der Waals surface area contributed by atoms with Crippen LogP contribution in [0.4, 0.5) is 24.7 Å². The van der Waals surface area contributed by atoms with E-state index in [1.54, 1.807) is 60.2 Å². The van der Waals surface area contributed by atoms with Crippen molar-refractivity contribution in [3.8, 4) is 16.9 Å². The molecule has 1 N–H and O–H groups in total. The Labute approximate surface area is 230 Å². The van der Waals surface area contributed by atoms with Gasteiger partial charge in [-0.25, -0.2) is 0 Å². The van der Waals surface area contributed by atoms with Crippen molar-refractivity contribution in [3.05, 3.63) is 102 Å². The number of methoxy groups -OCH3 is 1. The predicted octanol–water partition coefficient (Wildman–Crippen LogP) is 7.09. The van der Waals surface area contributed by atoms with Crippen molar-refractivity contribution in [2.45, 2.75) is 25.1 Å². The zero-order valence-electron chi connectivity index (χ0n) is 22.0. The first-order chi connectivity index (χ1) is 19.2. The van der Waals surface area contributed by atoms with E-state index in [0.717, 1.165) is 42.7 Å². The van der Waals surface area contributed by atoms with E-state index in [9.17, 15) is 22.8 Å². The number of halogens is 3. The molecule has 1 saturated carbocycles. The largest absolute Gasteiger partial charge is 0.497 e. The molecule has 0 spiro atoms. The summed E-state index contributed by atoms with van der Waals surface area (Å²) in [6.45, 7) is 0. The number of benzene rings is 3. The molecule has 40 heavy (non-hydrogen) atoms. The van der Waals surface area contributed by atoms with Crippen LogP contribution in [-0.4, -0.2) is 24.0 Å². The average molecular weight is 548 g/mol. The zero-order chi connectivity index (χ0) is 28.4. The Morgan fingerprint density at radius 2 is 1.73 bits per heavy atom. The number of hydrogen-bond acceptors (Lipinski definition) is 3. The van der Waals surface area contributed by atoms with Gasteiger partial charge in [-0.15, -0.1) is 0 Å². The molecular formula is C31H28F3N3O3. The Kier molecular flexibility index (Phi) is 7.38. The molecule has 3 aromatic carbocycles. The number of aryl methyl sites for hydroxylation is 1. The Hall–Kier alpha value is -4.53. The lowest BCUT2D eigenvalue weighted by atomic mass is 9.98. The summed E-state index contributed by atoms with van der Waals surface area (Å²) in [6.07, 6.45) is 0.115. The lowest BCUT2D eigenvalue weighted by Crippen LogP contribution is -2.30. The first-order valence-corrected chi connectivity index (χ1v) is 12.8. The van der Waals surface area contributed by atoms with Gasteiger partial charge in [-0.2, -0.15) is 13.2 Å². The Bertz CT molecular complexity index is 1510. The maximum absolute atomic E-state index is 13.3. The van der Waals surface area contributed by atoms with Gasteiger partial charge in [0.25, 0.3) is 5.91 Å². The molecule has 1 fully saturated rings. The van der Waals surface area contributed by atoms with Gasteiger partial charge in [0.15, 0.2) is 0 Å². The molecule has 1 unspecified atom stereocenters. The van der Waals surface area contributed by atoms with Crippen molar-refractivity contribution in [1.29, 1.82) is 0 Å². The second-order valence-electron chi connectivity index (χ2n) is 9.84. The van der Waals surface area contributed by atoms with Crippen LogP contribution in [0.1, 0.15) is 40.4 Å². The quantitative estimate of drug-likeness (QED) is 0.228. The molecule has 1 atom stereocenters. The van der Waals surface area contributed by atoms with Crippen LogP contribution in [0.3, 0.4) is 0 Å². The number of rotatable bonds is 9. The summed E-state index contributed by atoms with van der Waals surface area (Å²) in [4.78, 5) is 27.4. The van der Waals surface area contributed by atoms with Gasteiger partial charge in [0.05, 0.1) is 24.4 Å². The number of hydrogen-bond donors (Lipinski definition) is 1. The molecule has 1 aromatic heterocycles. The van der Waals surface area contributed by atoms with Crippen LogP contribution < -0.4 is 15.0 Å². The highest BCUT2D eigenvalue weighted by Crippen LogP contribution is 2.46. The highest BCUT2D eigenvalue weighted by Gasteiger charge is 2.37. The van der Waals surface area contributed by atoms with E-state index < -0.39 is 17.6 Å². The number of nitrogens with one attached hydrogen (secondary N) is 1. The molecule has 206 valence electrons. The van der Waals surface area contributed by atoms with Crippen molar-refractivity contribution in [3.63, 3.8) is 0 Å². The standard InChI is InChI=1S/C31H28F3N3O3/c1-36-18-24(17-28(36)37(19-38)29(21-7-8-21)22-11-15-25(40-2)16-12-22)35-30(39)27-6-4-3-5-26(27)20-9-13-23(14-10-20)31(32,33)34/h3-6,9-19,21,29H,7-8H2,1-2H3,(H,35,39). The molecule has 1 aliphatic rings. The van der Waals surface area contributed by atoms with Crippen LogP contribution in [-0.2, 0) is 18.0 Å². The summed E-state index contributed by atoms with van der Waals surface area (Å²) in [5, 5.41) is 2.88. The van der Waals surface area contributed by atoms with E-state index >= 15 is 0 Å². The van der Waals surface area contributed by atoms with E-state index in [1.165, 1.54) is 12.1 Å². The third kappa shape index (κ3) is 5.59. The second-order valence-corrected chi connectivity index (χ2v) is 9.84. The fourth-order valence-electron chi connectivity index (χ4n) is 4.98. The number of amides is 2. The Morgan fingerprint density at radius 1 is 1.05 bits per heavy atom. The fraction of sp³-hybridized carbons (Fsp3) is 0.226. The van der Waals surface area contributed by atoms with E-state index in [-0.39, 0.29) is 6.04 Å². The van der Waals surface area contributed by atoms with Gasteiger partial charge in [-0.3, -0.25) is 14.5 Å². The van der Waals surface area contributed by atoms with Crippen molar-refractivity contribution in [2.24, 2.45) is 13.0 Å². The molecule has 0 radical (unpaired) electrons. The van der Waals surface area contributed by atoms with Crippen LogP contribution in [0.15, 0.2) is 85.1 Å². The van der Waals surface area contributed by atoms with Gasteiger partial charge in [0, 0.05) is 24.9 Å². The lowest BCUT2D eigenvalue weighted by Gasteiger charge is -2.29. The summed E-state index contributed by atoms with van der Waals surface area (Å²) >= 11 is 0. The Morgan fingerprint density at radius 3 is 2.33 bits per heavy atom. The van der Waals surface area contributed by atoms with Crippen LogP contribution >= 0.6 is 0 Å². The lowest BCUT2D eigenvalue weighted by molar-refractivity contribution is -0.137. The number of carbonyl (C=O) groups is 2. The predicted molar refractivity (Wildman–Crippen MR) is 147 cm³/mol. The summed E-state index contributed by atoms with van der Waals surface area (Å²) < 4.78 is 46.1. The number of anilines is 2. The number of alkyl halides is 3. The minimum Gasteiger partial charge on any atom is -0.497 e. The third-order valence-corrected chi connectivity index (χ3v) is 7.14. The van der Waals surface area contributed by atoms with Gasteiger partial charge in [-0.1, -0.05) is 42.5 Å². The van der Waals surface area contributed by atoms with E-state index in [4.69, 9.17) is 4.74 Å². The molecule has 1 heterocycles. The highest BCUT2D eigenvalue weighted by molar-refractivity contribution is 6.09. The molecular weight excluding hydrogens is 519 g/mol. The van der Waals surface area contributed by atoms with Gasteiger partial charge in [0.1, 0.15) is 11.6 Å². The van der Waals surface area contributed by atoms with Gasteiger partial charge in [0.2, 0.25) is 6.41 Å². The smallest absolute Gasteiger partial charge is 0.416 e. The van der Waals surface area contributed by atoms with E-state index in [0.29, 0.717) is 34.1 Å². The average Bonchev–Trinajstić information content (AvgIpc) is 3.73. The van der Waals surface area contributed by atoms with Crippen LogP contribution in [0.25, 0.3) is 11.1 Å². The van der Waals surface area contributed by atoms with E-state index in [2.05, 4.69) is 5.32 Å². The molecule has 6 nitrogen and oxygen atoms in total. The topological polar surface area (TPSA) is 63.6 Å². The van der Waals surface area contributed by atoms with Crippen LogP contribution in [0.2, 0.25) is 0 Å². The molecule has 1 aliphatic carbocycles. The van der Waals surface area contributed by atoms with Gasteiger partial charge in [-0.05, 0) is 65.8 Å². The maximum atomic E-state index is 13.3. The Balaban J connectivity index is 1.40. The first-order valence-electron chi connectivity index (χ1n) is 12.8. The molecule has 5 rings (SSSR count). The van der Waals surface area contributed by atoms with Crippen LogP contribution in [0, 0.1) is 5.92 Å². The van der Waals surface area contributed by atoms with Gasteiger partial charge >= 0.3 is 6.18 Å². The van der Waals surface area contributed by atoms with E-state index in [1.807, 2.05) is 24.3 Å². The number of nitrogens with zero attached hydrogens (tertiary/aromatic N) is 2. The molecule has 0 saturated heterocycles. The zero-order valence-corrected chi connectivity index (χ0v) is 22.0. The first kappa shape index (κ1) is 27.1. The molecule has 0 bridgehead atoms. The minimum absolute atomic E-state index is 0.166. The highest BCUT2D eigenvalue weighted by atomic mass is 19.4. The third-order valence-electron chi connectivity index (χ3n) is 7.14. The normalized spacial score (nSPS) is 13.9. The monoisotopic (exact) mass is 547 g/mol. The van der Waals surface area contributed by atoms with Crippen molar-refractivity contribution in [2.75, 3.05) is 17.3 Å². The number of ether oxygens (including phenoxy) is 1. The summed E-state index contributed by atoms with van der Waals surface area (Å²) in [5.74, 6) is 1.26. The summed E-state index contributed by atoms with van der Waals surface area (Å²) in [5.41, 5.74) is 2.04.